The summed E-state index contributed by atoms with van der Waals surface area (Å²) in [5, 5.41) is 3.56. The molecule has 2 amide bonds. The van der Waals surface area contributed by atoms with Crippen molar-refractivity contribution < 1.29 is 14.1 Å². The lowest BCUT2D eigenvalue weighted by atomic mass is 10.4. The monoisotopic (exact) mass is 209 g/mol. The number of carbonyl (C=O) groups is 2. The molecular weight excluding hydrogens is 198 g/mol. The van der Waals surface area contributed by atoms with E-state index in [9.17, 15) is 9.59 Å². The smallest absolute Gasteiger partial charge is 0.308 e. The average Bonchev–Trinajstić information content (AvgIpc) is 2.97. The highest BCUT2D eigenvalue weighted by atomic mass is 16.5. The van der Waals surface area contributed by atoms with Crippen molar-refractivity contribution in [3.8, 4) is 0 Å². The largest absolute Gasteiger partial charge is 0.351 e. The van der Waals surface area contributed by atoms with Gasteiger partial charge < -0.3 is 4.52 Å². The first-order valence-electron chi connectivity index (χ1n) is 4.70. The number of aryl methyl sites for hydroxylation is 1. The normalized spacial score (nSPS) is 14.7. The third-order valence-corrected chi connectivity index (χ3v) is 2.10. The molecule has 0 aliphatic heterocycles. The van der Waals surface area contributed by atoms with Crippen LogP contribution in [0.4, 0.5) is 0 Å². The standard InChI is InChI=1S/C9H11N3O3/c1-5-4-7(15-12-5)9(14)11-10-8(13)6-2-3-6/h4,6H,2-3H2,1H3,(H,10,13)(H,11,14). The van der Waals surface area contributed by atoms with E-state index in [1.54, 1.807) is 6.92 Å². The molecular formula is C9H11N3O3. The van der Waals surface area contributed by atoms with Crippen LogP contribution in [0.3, 0.4) is 0 Å². The van der Waals surface area contributed by atoms with Gasteiger partial charge in [-0.15, -0.1) is 0 Å². The Kier molecular flexibility index (Phi) is 2.40. The van der Waals surface area contributed by atoms with Crippen LogP contribution in [0.2, 0.25) is 0 Å². The quantitative estimate of drug-likeness (QED) is 0.679. The second kappa shape index (κ2) is 3.72. The maximum Gasteiger partial charge on any atom is 0.308 e. The van der Waals surface area contributed by atoms with E-state index in [0.29, 0.717) is 5.69 Å². The Morgan fingerprint density at radius 2 is 2.20 bits per heavy atom. The summed E-state index contributed by atoms with van der Waals surface area (Å²) in [4.78, 5) is 22.5. The molecule has 1 aromatic rings. The Morgan fingerprint density at radius 3 is 2.73 bits per heavy atom. The van der Waals surface area contributed by atoms with Gasteiger partial charge in [-0.3, -0.25) is 20.4 Å². The lowest BCUT2D eigenvalue weighted by molar-refractivity contribution is -0.123. The molecule has 0 unspecified atom stereocenters. The van der Waals surface area contributed by atoms with Crippen LogP contribution in [-0.2, 0) is 4.79 Å². The van der Waals surface area contributed by atoms with E-state index in [1.165, 1.54) is 6.07 Å². The van der Waals surface area contributed by atoms with E-state index in [0.717, 1.165) is 12.8 Å². The number of carbonyl (C=O) groups excluding carboxylic acids is 2. The van der Waals surface area contributed by atoms with Gasteiger partial charge in [0.25, 0.3) is 0 Å². The van der Waals surface area contributed by atoms with Crippen LogP contribution in [0.15, 0.2) is 10.6 Å². The summed E-state index contributed by atoms with van der Waals surface area (Å²) in [5.41, 5.74) is 5.21. The van der Waals surface area contributed by atoms with Crippen molar-refractivity contribution in [2.45, 2.75) is 19.8 Å². The average molecular weight is 209 g/mol. The highest BCUT2D eigenvalue weighted by molar-refractivity contribution is 5.93. The second-order valence-electron chi connectivity index (χ2n) is 3.55. The molecule has 1 aromatic heterocycles. The lowest BCUT2D eigenvalue weighted by Gasteiger charge is -2.03. The van der Waals surface area contributed by atoms with E-state index < -0.39 is 5.91 Å². The second-order valence-corrected chi connectivity index (χ2v) is 3.55. The van der Waals surface area contributed by atoms with Crippen molar-refractivity contribution in [1.82, 2.24) is 16.0 Å². The Bertz CT molecular complexity index is 395. The Morgan fingerprint density at radius 1 is 1.47 bits per heavy atom. The summed E-state index contributed by atoms with van der Waals surface area (Å²) >= 11 is 0. The topological polar surface area (TPSA) is 84.2 Å². The van der Waals surface area contributed by atoms with Crippen molar-refractivity contribution >= 4 is 11.8 Å². The zero-order chi connectivity index (χ0) is 10.8. The number of nitrogens with zero attached hydrogens (tertiary/aromatic N) is 1. The number of hydrazine groups is 1. The molecule has 0 aromatic carbocycles. The minimum absolute atomic E-state index is 0.0572. The molecule has 2 N–H and O–H groups in total. The number of hydrogen-bond acceptors (Lipinski definition) is 4. The van der Waals surface area contributed by atoms with Gasteiger partial charge in [0.1, 0.15) is 0 Å². The van der Waals surface area contributed by atoms with Gasteiger partial charge in [-0.05, 0) is 19.8 Å². The van der Waals surface area contributed by atoms with E-state index >= 15 is 0 Å². The molecule has 0 atom stereocenters. The molecule has 1 saturated carbocycles. The first-order chi connectivity index (χ1) is 7.16. The minimum Gasteiger partial charge on any atom is -0.351 e. The molecule has 2 rings (SSSR count). The van der Waals surface area contributed by atoms with Crippen LogP contribution >= 0.6 is 0 Å². The summed E-state index contributed by atoms with van der Waals surface area (Å²) < 4.78 is 4.72. The minimum atomic E-state index is -0.496. The van der Waals surface area contributed by atoms with E-state index in [2.05, 4.69) is 16.0 Å². The van der Waals surface area contributed by atoms with Crippen molar-refractivity contribution in [2.24, 2.45) is 5.92 Å². The summed E-state index contributed by atoms with van der Waals surface area (Å²) in [7, 11) is 0. The number of amides is 2. The first-order valence-corrected chi connectivity index (χ1v) is 4.70. The molecule has 1 aliphatic carbocycles. The molecule has 15 heavy (non-hydrogen) atoms. The van der Waals surface area contributed by atoms with Gasteiger partial charge in [-0.2, -0.15) is 0 Å². The SMILES string of the molecule is Cc1cc(C(=O)NNC(=O)C2CC2)on1. The van der Waals surface area contributed by atoms with Gasteiger partial charge in [0.2, 0.25) is 11.7 Å². The molecule has 0 radical (unpaired) electrons. The van der Waals surface area contributed by atoms with E-state index in [-0.39, 0.29) is 17.6 Å². The van der Waals surface area contributed by atoms with Crippen molar-refractivity contribution in [1.29, 1.82) is 0 Å². The fourth-order valence-corrected chi connectivity index (χ4v) is 1.10. The van der Waals surface area contributed by atoms with Crippen LogP contribution < -0.4 is 10.9 Å². The van der Waals surface area contributed by atoms with Gasteiger partial charge in [0.05, 0.1) is 5.69 Å². The Hall–Kier alpha value is -1.85. The first kappa shape index (κ1) is 9.70. The van der Waals surface area contributed by atoms with Crippen LogP contribution in [0, 0.1) is 12.8 Å². The predicted molar refractivity (Wildman–Crippen MR) is 49.6 cm³/mol. The summed E-state index contributed by atoms with van der Waals surface area (Å²) in [6.45, 7) is 1.71. The Balaban J connectivity index is 1.84. The maximum absolute atomic E-state index is 11.3. The van der Waals surface area contributed by atoms with Gasteiger partial charge >= 0.3 is 5.91 Å². The molecule has 0 spiro atoms. The van der Waals surface area contributed by atoms with Crippen LogP contribution in [0.5, 0.6) is 0 Å². The summed E-state index contributed by atoms with van der Waals surface area (Å²) in [5.74, 6) is -0.505. The zero-order valence-electron chi connectivity index (χ0n) is 8.24. The van der Waals surface area contributed by atoms with Crippen LogP contribution in [0.25, 0.3) is 0 Å². The van der Waals surface area contributed by atoms with Crippen molar-refractivity contribution in [3.63, 3.8) is 0 Å². The fourth-order valence-electron chi connectivity index (χ4n) is 1.10. The third kappa shape index (κ3) is 2.34. The molecule has 0 bridgehead atoms. The molecule has 1 fully saturated rings. The highest BCUT2D eigenvalue weighted by Gasteiger charge is 2.29. The van der Waals surface area contributed by atoms with Crippen molar-refractivity contribution in [2.75, 3.05) is 0 Å². The molecule has 0 saturated heterocycles. The maximum atomic E-state index is 11.3. The lowest BCUT2D eigenvalue weighted by Crippen LogP contribution is -2.42. The number of hydrogen-bond donors (Lipinski definition) is 2. The summed E-state index contributed by atoms with van der Waals surface area (Å²) in [6, 6.07) is 1.50. The number of aromatic nitrogens is 1. The van der Waals surface area contributed by atoms with E-state index in [1.807, 2.05) is 0 Å². The van der Waals surface area contributed by atoms with Crippen molar-refractivity contribution in [3.05, 3.63) is 17.5 Å². The van der Waals surface area contributed by atoms with E-state index in [4.69, 9.17) is 4.52 Å². The van der Waals surface area contributed by atoms with Gasteiger partial charge in [0.15, 0.2) is 0 Å². The highest BCUT2D eigenvalue weighted by Crippen LogP contribution is 2.28. The molecule has 1 aliphatic rings. The predicted octanol–water partition coefficient (Wildman–Crippen LogP) is 0.154. The molecule has 6 nitrogen and oxygen atoms in total. The van der Waals surface area contributed by atoms with Gasteiger partial charge in [0, 0.05) is 12.0 Å². The van der Waals surface area contributed by atoms with Crippen LogP contribution in [0.1, 0.15) is 29.1 Å². The summed E-state index contributed by atoms with van der Waals surface area (Å²) in [6.07, 6.45) is 1.78. The Labute approximate surface area is 86.0 Å². The van der Waals surface area contributed by atoms with Gasteiger partial charge in [-0.1, -0.05) is 5.16 Å². The number of nitrogens with one attached hydrogen (secondary N) is 2. The molecule has 6 heteroatoms. The molecule has 80 valence electrons. The molecule has 1 heterocycles. The van der Waals surface area contributed by atoms with Gasteiger partial charge in [-0.25, -0.2) is 0 Å². The third-order valence-electron chi connectivity index (χ3n) is 2.10. The zero-order valence-corrected chi connectivity index (χ0v) is 8.24. The van der Waals surface area contributed by atoms with Crippen LogP contribution in [-0.4, -0.2) is 17.0 Å². The number of rotatable bonds is 2. The fraction of sp³-hybridized carbons (Fsp3) is 0.444.